The van der Waals surface area contributed by atoms with Crippen LogP contribution in [0, 0.1) is 17.8 Å². The lowest BCUT2D eigenvalue weighted by Gasteiger charge is -2.18. The monoisotopic (exact) mass is 265 g/mol. The van der Waals surface area contributed by atoms with E-state index in [-0.39, 0.29) is 0 Å². The van der Waals surface area contributed by atoms with Crippen LogP contribution in [-0.2, 0) is 9.47 Å². The molecule has 2 bridgehead atoms. The molecule has 1 saturated carbocycles. The third kappa shape index (κ3) is 3.80. The fourth-order valence-electron chi connectivity index (χ4n) is 3.71. The Balaban J connectivity index is 1.16. The Morgan fingerprint density at radius 1 is 1.26 bits per heavy atom. The lowest BCUT2D eigenvalue weighted by atomic mass is 9.94. The first-order chi connectivity index (χ1) is 9.42. The Labute approximate surface area is 116 Å². The quantitative estimate of drug-likeness (QED) is 0.540. The lowest BCUT2D eigenvalue weighted by Crippen LogP contribution is -2.27. The first kappa shape index (κ1) is 13.6. The topological polar surface area (TPSA) is 30.5 Å². The van der Waals surface area contributed by atoms with Crippen LogP contribution in [0.15, 0.2) is 12.2 Å². The van der Waals surface area contributed by atoms with Crippen molar-refractivity contribution < 1.29 is 9.47 Å². The van der Waals surface area contributed by atoms with Crippen LogP contribution < -0.4 is 5.32 Å². The first-order valence-electron chi connectivity index (χ1n) is 8.00. The lowest BCUT2D eigenvalue weighted by molar-refractivity contribution is 0.0166. The molecule has 0 radical (unpaired) electrons. The number of allylic oxidation sites excluding steroid dienone is 2. The third-order valence-electron chi connectivity index (χ3n) is 4.79. The smallest absolute Gasteiger partial charge is 0.0809 e. The highest BCUT2D eigenvalue weighted by molar-refractivity contribution is 5.10. The van der Waals surface area contributed by atoms with E-state index in [9.17, 15) is 0 Å². The van der Waals surface area contributed by atoms with Gasteiger partial charge in [-0.25, -0.2) is 0 Å². The van der Waals surface area contributed by atoms with Crippen molar-refractivity contribution in [3.63, 3.8) is 0 Å². The molecule has 0 aromatic heterocycles. The average molecular weight is 265 g/mol. The van der Waals surface area contributed by atoms with Crippen molar-refractivity contribution in [3.8, 4) is 0 Å². The summed E-state index contributed by atoms with van der Waals surface area (Å²) in [5.41, 5.74) is 0. The molecule has 1 saturated heterocycles. The minimum absolute atomic E-state index is 0.369. The van der Waals surface area contributed by atoms with Gasteiger partial charge in [0, 0.05) is 13.2 Å². The molecule has 1 heterocycles. The first-order valence-corrected chi connectivity index (χ1v) is 8.00. The molecule has 1 aliphatic heterocycles. The second-order valence-electron chi connectivity index (χ2n) is 6.31. The van der Waals surface area contributed by atoms with Crippen LogP contribution in [0.25, 0.3) is 0 Å². The Morgan fingerprint density at radius 2 is 2.26 bits per heavy atom. The fraction of sp³-hybridized carbons (Fsp3) is 0.875. The molecule has 0 spiro atoms. The zero-order chi connectivity index (χ0) is 12.9. The van der Waals surface area contributed by atoms with E-state index >= 15 is 0 Å². The van der Waals surface area contributed by atoms with Gasteiger partial charge < -0.3 is 14.8 Å². The second-order valence-corrected chi connectivity index (χ2v) is 6.31. The molecule has 108 valence electrons. The summed E-state index contributed by atoms with van der Waals surface area (Å²) in [7, 11) is 0. The maximum Gasteiger partial charge on any atom is 0.0809 e. The number of hydrogen-bond donors (Lipinski definition) is 1. The van der Waals surface area contributed by atoms with E-state index in [0.29, 0.717) is 6.10 Å². The molecule has 0 amide bonds. The van der Waals surface area contributed by atoms with Crippen LogP contribution in [0.3, 0.4) is 0 Å². The van der Waals surface area contributed by atoms with E-state index in [4.69, 9.17) is 9.47 Å². The van der Waals surface area contributed by atoms with Crippen LogP contribution in [-0.4, -0.2) is 39.0 Å². The Bertz CT molecular complexity index is 299. The van der Waals surface area contributed by atoms with E-state index < -0.39 is 0 Å². The Kier molecular flexibility index (Phi) is 4.91. The maximum absolute atomic E-state index is 5.66. The number of hydrogen-bond acceptors (Lipinski definition) is 3. The minimum Gasteiger partial charge on any atom is -0.379 e. The zero-order valence-corrected chi connectivity index (χ0v) is 11.9. The van der Waals surface area contributed by atoms with Crippen molar-refractivity contribution in [2.75, 3.05) is 32.9 Å². The summed E-state index contributed by atoms with van der Waals surface area (Å²) in [4.78, 5) is 0. The van der Waals surface area contributed by atoms with Gasteiger partial charge in [0.1, 0.15) is 0 Å². The molecule has 4 unspecified atom stereocenters. The Hall–Kier alpha value is -0.380. The van der Waals surface area contributed by atoms with Gasteiger partial charge in [-0.05, 0) is 62.9 Å². The highest BCUT2D eigenvalue weighted by Crippen LogP contribution is 2.42. The van der Waals surface area contributed by atoms with Gasteiger partial charge in [-0.2, -0.15) is 0 Å². The maximum atomic E-state index is 5.66. The summed E-state index contributed by atoms with van der Waals surface area (Å²) in [6.45, 7) is 4.86. The van der Waals surface area contributed by atoms with Crippen molar-refractivity contribution in [1.82, 2.24) is 5.32 Å². The van der Waals surface area contributed by atoms with Crippen LogP contribution in [0.2, 0.25) is 0 Å². The van der Waals surface area contributed by atoms with Crippen molar-refractivity contribution in [2.24, 2.45) is 17.8 Å². The molecule has 2 fully saturated rings. The van der Waals surface area contributed by atoms with Gasteiger partial charge in [0.2, 0.25) is 0 Å². The molecular formula is C16H27NO2. The predicted octanol–water partition coefficient (Wildman–Crippen LogP) is 2.37. The summed E-state index contributed by atoms with van der Waals surface area (Å²) in [5.74, 6) is 2.66. The zero-order valence-electron chi connectivity index (χ0n) is 11.9. The standard InChI is InChI=1S/C16H27NO2/c1-3-16(19-8-1)12-18-7-2-6-17-11-15-10-13-4-5-14(15)9-13/h4-5,13-17H,1-3,6-12H2. The molecule has 4 atom stereocenters. The average Bonchev–Trinajstić information content (AvgIpc) is 3.15. The van der Waals surface area contributed by atoms with Gasteiger partial charge in [0.25, 0.3) is 0 Å². The van der Waals surface area contributed by atoms with Gasteiger partial charge in [0.15, 0.2) is 0 Å². The van der Waals surface area contributed by atoms with Crippen LogP contribution >= 0.6 is 0 Å². The van der Waals surface area contributed by atoms with Crippen LogP contribution in [0.1, 0.15) is 32.1 Å². The molecule has 0 aromatic carbocycles. The molecule has 19 heavy (non-hydrogen) atoms. The van der Waals surface area contributed by atoms with Gasteiger partial charge >= 0.3 is 0 Å². The molecule has 1 N–H and O–H groups in total. The van der Waals surface area contributed by atoms with Gasteiger partial charge in [-0.3, -0.25) is 0 Å². The van der Waals surface area contributed by atoms with E-state index in [1.165, 1.54) is 32.2 Å². The summed E-state index contributed by atoms with van der Waals surface area (Å²) in [5, 5.41) is 3.60. The predicted molar refractivity (Wildman–Crippen MR) is 76.1 cm³/mol. The van der Waals surface area contributed by atoms with Crippen molar-refractivity contribution in [3.05, 3.63) is 12.2 Å². The highest BCUT2D eigenvalue weighted by atomic mass is 16.5. The Morgan fingerprint density at radius 3 is 3.00 bits per heavy atom. The van der Waals surface area contributed by atoms with Crippen molar-refractivity contribution in [2.45, 2.75) is 38.2 Å². The largest absolute Gasteiger partial charge is 0.379 e. The number of ether oxygens (including phenoxy) is 2. The second kappa shape index (κ2) is 6.87. The summed E-state index contributed by atoms with van der Waals surface area (Å²) in [6.07, 6.45) is 11.5. The van der Waals surface area contributed by atoms with E-state index in [1.807, 2.05) is 0 Å². The summed E-state index contributed by atoms with van der Waals surface area (Å²) >= 11 is 0. The molecule has 2 aliphatic carbocycles. The fourth-order valence-corrected chi connectivity index (χ4v) is 3.71. The van der Waals surface area contributed by atoms with Crippen molar-refractivity contribution >= 4 is 0 Å². The third-order valence-corrected chi connectivity index (χ3v) is 4.79. The summed E-state index contributed by atoms with van der Waals surface area (Å²) in [6, 6.07) is 0. The molecule has 0 aromatic rings. The number of rotatable bonds is 8. The molecular weight excluding hydrogens is 238 g/mol. The summed E-state index contributed by atoms with van der Waals surface area (Å²) < 4.78 is 11.2. The van der Waals surface area contributed by atoms with Gasteiger partial charge in [-0.1, -0.05) is 12.2 Å². The number of nitrogens with one attached hydrogen (secondary N) is 1. The molecule has 3 rings (SSSR count). The number of fused-ring (bicyclic) bond motifs is 2. The van der Waals surface area contributed by atoms with Crippen LogP contribution in [0.4, 0.5) is 0 Å². The van der Waals surface area contributed by atoms with E-state index in [2.05, 4.69) is 17.5 Å². The minimum atomic E-state index is 0.369. The van der Waals surface area contributed by atoms with E-state index in [1.54, 1.807) is 0 Å². The van der Waals surface area contributed by atoms with Gasteiger partial charge in [-0.15, -0.1) is 0 Å². The van der Waals surface area contributed by atoms with Crippen LogP contribution in [0.5, 0.6) is 0 Å². The van der Waals surface area contributed by atoms with Crippen molar-refractivity contribution in [1.29, 1.82) is 0 Å². The molecule has 3 aliphatic rings. The SMILES string of the molecule is C1=CC2CC1CC2CNCCCOCC1CCCO1. The van der Waals surface area contributed by atoms with E-state index in [0.717, 1.165) is 50.5 Å². The van der Waals surface area contributed by atoms with Gasteiger partial charge in [0.05, 0.1) is 12.7 Å². The highest BCUT2D eigenvalue weighted by Gasteiger charge is 2.34. The molecule has 3 nitrogen and oxygen atoms in total. The normalized spacial score (nSPS) is 36.4. The molecule has 3 heteroatoms.